The summed E-state index contributed by atoms with van der Waals surface area (Å²) in [6, 6.07) is 0.218. The van der Waals surface area contributed by atoms with Gasteiger partial charge in [0.05, 0.1) is 11.0 Å². The lowest BCUT2D eigenvalue weighted by molar-refractivity contribution is -0.385. The van der Waals surface area contributed by atoms with Crippen molar-refractivity contribution in [1.82, 2.24) is 9.78 Å². The summed E-state index contributed by atoms with van der Waals surface area (Å²) in [6.45, 7) is 1.90. The molecule has 0 bridgehead atoms. The van der Waals surface area contributed by atoms with Gasteiger partial charge in [-0.05, 0) is 25.7 Å². The lowest BCUT2D eigenvalue weighted by Crippen LogP contribution is -2.30. The van der Waals surface area contributed by atoms with Gasteiger partial charge in [0.15, 0.2) is 0 Å². The van der Waals surface area contributed by atoms with E-state index in [0.29, 0.717) is 11.6 Å². The zero-order valence-electron chi connectivity index (χ0n) is 8.46. The van der Waals surface area contributed by atoms with Gasteiger partial charge in [-0.2, -0.15) is 5.10 Å². The third kappa shape index (κ3) is 1.61. The van der Waals surface area contributed by atoms with E-state index < -0.39 is 4.92 Å². The highest BCUT2D eigenvalue weighted by atomic mass is 16.6. The molecule has 0 radical (unpaired) electrons. The van der Waals surface area contributed by atoms with Gasteiger partial charge in [-0.25, -0.2) is 0 Å². The lowest BCUT2D eigenvalue weighted by atomic mass is 9.81. The third-order valence-corrected chi connectivity index (χ3v) is 3.03. The molecule has 1 aromatic heterocycles. The molecule has 0 amide bonds. The van der Waals surface area contributed by atoms with Gasteiger partial charge in [-0.3, -0.25) is 14.8 Å². The molecule has 1 aliphatic carbocycles. The molecule has 82 valence electrons. The zero-order valence-corrected chi connectivity index (χ0v) is 8.46. The SMILES string of the molecule is Cc1c([N+](=O)[O-])cnn1C1CC(CO)C1. The van der Waals surface area contributed by atoms with Crippen molar-refractivity contribution in [2.45, 2.75) is 25.8 Å². The molecule has 6 nitrogen and oxygen atoms in total. The normalized spacial score (nSPS) is 24.9. The molecule has 0 atom stereocenters. The number of aromatic nitrogens is 2. The topological polar surface area (TPSA) is 81.2 Å². The Morgan fingerprint density at radius 3 is 2.87 bits per heavy atom. The molecular formula is C9H13N3O3. The van der Waals surface area contributed by atoms with Gasteiger partial charge in [0.2, 0.25) is 0 Å². The van der Waals surface area contributed by atoms with Crippen LogP contribution in [0.3, 0.4) is 0 Å². The van der Waals surface area contributed by atoms with Crippen LogP contribution in [0.25, 0.3) is 0 Å². The minimum Gasteiger partial charge on any atom is -0.396 e. The minimum absolute atomic E-state index is 0.0717. The van der Waals surface area contributed by atoms with Crippen LogP contribution in [0.15, 0.2) is 6.20 Å². The van der Waals surface area contributed by atoms with Crippen molar-refractivity contribution in [1.29, 1.82) is 0 Å². The summed E-state index contributed by atoms with van der Waals surface area (Å²) in [5.74, 6) is 0.331. The second-order valence-electron chi connectivity index (χ2n) is 3.99. The highest BCUT2D eigenvalue weighted by Crippen LogP contribution is 2.38. The van der Waals surface area contributed by atoms with Crippen LogP contribution in [0.1, 0.15) is 24.6 Å². The zero-order chi connectivity index (χ0) is 11.0. The molecule has 2 rings (SSSR count). The molecular weight excluding hydrogens is 198 g/mol. The predicted molar refractivity (Wildman–Crippen MR) is 52.5 cm³/mol. The molecule has 1 saturated carbocycles. The predicted octanol–water partition coefficient (Wildman–Crippen LogP) is 1.04. The molecule has 0 spiro atoms. The van der Waals surface area contributed by atoms with Crippen molar-refractivity contribution < 1.29 is 10.0 Å². The maximum atomic E-state index is 10.6. The van der Waals surface area contributed by atoms with Gasteiger partial charge in [-0.1, -0.05) is 0 Å². The van der Waals surface area contributed by atoms with Crippen LogP contribution in [0.4, 0.5) is 5.69 Å². The molecule has 1 aliphatic rings. The first kappa shape index (κ1) is 10.1. The quantitative estimate of drug-likeness (QED) is 0.598. The molecule has 1 aromatic rings. The largest absolute Gasteiger partial charge is 0.396 e. The lowest BCUT2D eigenvalue weighted by Gasteiger charge is -2.34. The number of aliphatic hydroxyl groups is 1. The van der Waals surface area contributed by atoms with Gasteiger partial charge in [0, 0.05) is 6.61 Å². The smallest absolute Gasteiger partial charge is 0.309 e. The monoisotopic (exact) mass is 211 g/mol. The van der Waals surface area contributed by atoms with Crippen LogP contribution in [-0.2, 0) is 0 Å². The van der Waals surface area contributed by atoms with Gasteiger partial charge in [-0.15, -0.1) is 0 Å². The highest BCUT2D eigenvalue weighted by Gasteiger charge is 2.33. The molecule has 15 heavy (non-hydrogen) atoms. The number of nitrogens with zero attached hydrogens (tertiary/aromatic N) is 3. The Hall–Kier alpha value is -1.43. The fraction of sp³-hybridized carbons (Fsp3) is 0.667. The van der Waals surface area contributed by atoms with Crippen molar-refractivity contribution in [3.05, 3.63) is 22.0 Å². The standard InChI is InChI=1S/C9H13N3O3/c1-6-9(12(14)15)4-10-11(6)8-2-7(3-8)5-13/h4,7-8,13H,2-3,5H2,1H3. The van der Waals surface area contributed by atoms with E-state index in [9.17, 15) is 10.1 Å². The van der Waals surface area contributed by atoms with Crippen LogP contribution >= 0.6 is 0 Å². The van der Waals surface area contributed by atoms with E-state index in [4.69, 9.17) is 5.11 Å². The summed E-state index contributed by atoms with van der Waals surface area (Å²) in [5.41, 5.74) is 0.670. The van der Waals surface area contributed by atoms with Crippen molar-refractivity contribution in [2.24, 2.45) is 5.92 Å². The fourth-order valence-corrected chi connectivity index (χ4v) is 2.01. The van der Waals surface area contributed by atoms with E-state index in [1.54, 1.807) is 11.6 Å². The Morgan fingerprint density at radius 2 is 2.40 bits per heavy atom. The second kappa shape index (κ2) is 3.62. The number of nitro groups is 1. The Morgan fingerprint density at radius 1 is 1.73 bits per heavy atom. The average molecular weight is 211 g/mol. The molecule has 1 heterocycles. The van der Waals surface area contributed by atoms with Crippen molar-refractivity contribution in [3.8, 4) is 0 Å². The molecule has 1 N–H and O–H groups in total. The first-order chi connectivity index (χ1) is 7.13. The Labute approximate surface area is 86.7 Å². The number of rotatable bonds is 3. The van der Waals surface area contributed by atoms with E-state index >= 15 is 0 Å². The van der Waals surface area contributed by atoms with Crippen LogP contribution in [0.2, 0.25) is 0 Å². The first-order valence-corrected chi connectivity index (χ1v) is 4.92. The van der Waals surface area contributed by atoms with E-state index in [2.05, 4.69) is 5.10 Å². The van der Waals surface area contributed by atoms with E-state index in [1.165, 1.54) is 6.20 Å². The van der Waals surface area contributed by atoms with E-state index in [0.717, 1.165) is 12.8 Å². The van der Waals surface area contributed by atoms with E-state index in [-0.39, 0.29) is 18.3 Å². The first-order valence-electron chi connectivity index (χ1n) is 4.92. The van der Waals surface area contributed by atoms with Gasteiger partial charge < -0.3 is 5.11 Å². The Balaban J connectivity index is 2.14. The van der Waals surface area contributed by atoms with Crippen molar-refractivity contribution in [2.75, 3.05) is 6.61 Å². The van der Waals surface area contributed by atoms with Gasteiger partial charge >= 0.3 is 5.69 Å². The number of aliphatic hydroxyl groups excluding tert-OH is 1. The maximum Gasteiger partial charge on any atom is 0.309 e. The van der Waals surface area contributed by atoms with Crippen LogP contribution < -0.4 is 0 Å². The summed E-state index contributed by atoms with van der Waals surface area (Å²) in [5, 5.41) is 23.5. The number of hydrogen-bond donors (Lipinski definition) is 1. The highest BCUT2D eigenvalue weighted by molar-refractivity contribution is 5.32. The molecule has 6 heteroatoms. The maximum absolute atomic E-state index is 10.6. The Bertz CT molecular complexity index is 382. The van der Waals surface area contributed by atoms with Crippen molar-refractivity contribution >= 4 is 5.69 Å². The van der Waals surface area contributed by atoms with Gasteiger partial charge in [0.1, 0.15) is 11.9 Å². The van der Waals surface area contributed by atoms with E-state index in [1.807, 2.05) is 0 Å². The summed E-state index contributed by atoms with van der Waals surface area (Å²) in [7, 11) is 0. The third-order valence-electron chi connectivity index (χ3n) is 3.03. The van der Waals surface area contributed by atoms with Gasteiger partial charge in [0.25, 0.3) is 0 Å². The molecule has 1 fully saturated rings. The number of hydrogen-bond acceptors (Lipinski definition) is 4. The summed E-state index contributed by atoms with van der Waals surface area (Å²) < 4.78 is 1.70. The fourth-order valence-electron chi connectivity index (χ4n) is 2.01. The Kier molecular flexibility index (Phi) is 2.44. The van der Waals surface area contributed by atoms with Crippen LogP contribution in [-0.4, -0.2) is 26.4 Å². The molecule has 0 aliphatic heterocycles. The summed E-state index contributed by atoms with van der Waals surface area (Å²) in [6.07, 6.45) is 3.01. The van der Waals surface area contributed by atoms with Crippen LogP contribution in [0, 0.1) is 23.0 Å². The van der Waals surface area contributed by atoms with Crippen molar-refractivity contribution in [3.63, 3.8) is 0 Å². The molecule has 0 saturated heterocycles. The van der Waals surface area contributed by atoms with Crippen LogP contribution in [0.5, 0.6) is 0 Å². The summed E-state index contributed by atoms with van der Waals surface area (Å²) in [4.78, 5) is 10.2. The minimum atomic E-state index is -0.416. The summed E-state index contributed by atoms with van der Waals surface area (Å²) >= 11 is 0. The molecule has 0 aromatic carbocycles. The molecule has 0 unspecified atom stereocenters. The second-order valence-corrected chi connectivity index (χ2v) is 3.99. The average Bonchev–Trinajstić information content (AvgIpc) is 2.46.